The first-order valence-electron chi connectivity index (χ1n) is 9.53. The van der Waals surface area contributed by atoms with Crippen molar-refractivity contribution in [1.82, 2.24) is 14.7 Å². The van der Waals surface area contributed by atoms with E-state index in [9.17, 15) is 9.59 Å². The zero-order chi connectivity index (χ0) is 17.5. The summed E-state index contributed by atoms with van der Waals surface area (Å²) in [5.41, 5.74) is 0.799. The second kappa shape index (κ2) is 9.11. The van der Waals surface area contributed by atoms with E-state index in [0.717, 1.165) is 64.2 Å². The Kier molecular flexibility index (Phi) is 6.59. The Morgan fingerprint density at radius 1 is 0.800 bits per heavy atom. The van der Waals surface area contributed by atoms with Crippen LogP contribution in [0.25, 0.3) is 0 Å². The predicted molar refractivity (Wildman–Crippen MR) is 98.7 cm³/mol. The van der Waals surface area contributed by atoms with Crippen molar-refractivity contribution in [3.8, 4) is 0 Å². The van der Waals surface area contributed by atoms with Crippen LogP contribution in [0.5, 0.6) is 0 Å². The van der Waals surface area contributed by atoms with Crippen LogP contribution in [-0.4, -0.2) is 78.7 Å². The Hall–Kier alpha value is -1.72. The van der Waals surface area contributed by atoms with E-state index in [1.807, 2.05) is 35.2 Å². The number of piperidine rings is 1. The molecular weight excluding hydrogens is 314 g/mol. The monoisotopic (exact) mass is 343 g/mol. The Bertz CT molecular complexity index is 562. The maximum absolute atomic E-state index is 12.3. The fourth-order valence-corrected chi connectivity index (χ4v) is 3.63. The lowest BCUT2D eigenvalue weighted by Gasteiger charge is -2.36. The maximum Gasteiger partial charge on any atom is 0.236 e. The number of likely N-dealkylation sites (tertiary alicyclic amines) is 1. The first-order chi connectivity index (χ1) is 12.2. The van der Waals surface area contributed by atoms with Crippen molar-refractivity contribution in [2.24, 2.45) is 0 Å². The average molecular weight is 343 g/mol. The molecule has 0 unspecified atom stereocenters. The normalized spacial score (nSPS) is 19.8. The molecule has 0 aromatic heterocycles. The van der Waals surface area contributed by atoms with Crippen molar-refractivity contribution in [3.05, 3.63) is 35.9 Å². The minimum atomic E-state index is 0.211. The fraction of sp³-hybridized carbons (Fsp3) is 0.600. The second-order valence-corrected chi connectivity index (χ2v) is 7.10. The van der Waals surface area contributed by atoms with Gasteiger partial charge in [-0.2, -0.15) is 0 Å². The van der Waals surface area contributed by atoms with E-state index < -0.39 is 0 Å². The van der Waals surface area contributed by atoms with Gasteiger partial charge in [-0.3, -0.25) is 14.5 Å². The molecule has 2 aliphatic heterocycles. The van der Waals surface area contributed by atoms with Crippen LogP contribution in [0.4, 0.5) is 0 Å². The van der Waals surface area contributed by atoms with Crippen molar-refractivity contribution >= 4 is 11.7 Å². The van der Waals surface area contributed by atoms with Gasteiger partial charge in [-0.05, 0) is 19.3 Å². The second-order valence-electron chi connectivity index (χ2n) is 7.10. The van der Waals surface area contributed by atoms with Crippen LogP contribution < -0.4 is 0 Å². The first kappa shape index (κ1) is 18.1. The summed E-state index contributed by atoms with van der Waals surface area (Å²) in [5, 5.41) is 0. The molecule has 25 heavy (non-hydrogen) atoms. The van der Waals surface area contributed by atoms with Gasteiger partial charge in [0.25, 0.3) is 0 Å². The minimum Gasteiger partial charge on any atom is -0.342 e. The molecule has 5 nitrogen and oxygen atoms in total. The molecule has 0 saturated carbocycles. The third kappa shape index (κ3) is 5.38. The zero-order valence-corrected chi connectivity index (χ0v) is 15.0. The van der Waals surface area contributed by atoms with Gasteiger partial charge in [0.15, 0.2) is 5.78 Å². The molecule has 0 radical (unpaired) electrons. The molecular formula is C20H29N3O2. The third-order valence-corrected chi connectivity index (χ3v) is 5.28. The average Bonchev–Trinajstić information content (AvgIpc) is 2.68. The number of amides is 1. The van der Waals surface area contributed by atoms with Gasteiger partial charge in [0, 0.05) is 57.8 Å². The summed E-state index contributed by atoms with van der Waals surface area (Å²) < 4.78 is 0. The van der Waals surface area contributed by atoms with Crippen LogP contribution in [0.1, 0.15) is 36.0 Å². The quantitative estimate of drug-likeness (QED) is 0.740. The molecule has 2 fully saturated rings. The van der Waals surface area contributed by atoms with E-state index in [1.165, 1.54) is 6.42 Å². The SMILES string of the molecule is O=C(CCN1CCN(CC(=O)N2CCCCC2)CC1)c1ccccc1. The molecule has 0 bridgehead atoms. The number of piperazine rings is 1. The van der Waals surface area contributed by atoms with Crippen molar-refractivity contribution in [1.29, 1.82) is 0 Å². The third-order valence-electron chi connectivity index (χ3n) is 5.28. The number of hydrogen-bond donors (Lipinski definition) is 0. The summed E-state index contributed by atoms with van der Waals surface area (Å²) in [6.07, 6.45) is 4.12. The molecule has 3 rings (SSSR count). The van der Waals surface area contributed by atoms with E-state index in [1.54, 1.807) is 0 Å². The molecule has 1 amide bonds. The van der Waals surface area contributed by atoms with Crippen LogP contribution >= 0.6 is 0 Å². The van der Waals surface area contributed by atoms with Crippen LogP contribution in [0.15, 0.2) is 30.3 Å². The van der Waals surface area contributed by atoms with Crippen molar-refractivity contribution in [2.45, 2.75) is 25.7 Å². The van der Waals surface area contributed by atoms with E-state index in [4.69, 9.17) is 0 Å². The van der Waals surface area contributed by atoms with Crippen LogP contribution in [0.2, 0.25) is 0 Å². The Balaban J connectivity index is 1.35. The number of Topliss-reactive ketones (excluding diaryl/α,β-unsaturated/α-hetero) is 1. The van der Waals surface area contributed by atoms with Gasteiger partial charge in [0.05, 0.1) is 6.54 Å². The highest BCUT2D eigenvalue weighted by Crippen LogP contribution is 2.11. The molecule has 5 heteroatoms. The molecule has 1 aromatic rings. The fourth-order valence-electron chi connectivity index (χ4n) is 3.63. The van der Waals surface area contributed by atoms with Gasteiger partial charge in [0.1, 0.15) is 0 Å². The van der Waals surface area contributed by atoms with Gasteiger partial charge < -0.3 is 9.80 Å². The highest BCUT2D eigenvalue weighted by Gasteiger charge is 2.23. The summed E-state index contributed by atoms with van der Waals surface area (Å²) >= 11 is 0. The number of ketones is 1. The van der Waals surface area contributed by atoms with Gasteiger partial charge in [-0.1, -0.05) is 30.3 Å². The predicted octanol–water partition coefficient (Wildman–Crippen LogP) is 1.89. The molecule has 2 heterocycles. The molecule has 0 spiro atoms. The number of carbonyl (C=O) groups excluding carboxylic acids is 2. The molecule has 0 aliphatic carbocycles. The lowest BCUT2D eigenvalue weighted by atomic mass is 10.1. The van der Waals surface area contributed by atoms with Crippen LogP contribution in [-0.2, 0) is 4.79 Å². The van der Waals surface area contributed by atoms with E-state index in [2.05, 4.69) is 9.80 Å². The van der Waals surface area contributed by atoms with Gasteiger partial charge in [-0.25, -0.2) is 0 Å². The molecule has 136 valence electrons. The van der Waals surface area contributed by atoms with Crippen LogP contribution in [0, 0.1) is 0 Å². The highest BCUT2D eigenvalue weighted by atomic mass is 16.2. The van der Waals surface area contributed by atoms with E-state index in [0.29, 0.717) is 13.0 Å². The lowest BCUT2D eigenvalue weighted by Crippen LogP contribution is -2.50. The van der Waals surface area contributed by atoms with E-state index in [-0.39, 0.29) is 11.7 Å². The summed E-state index contributed by atoms with van der Waals surface area (Å²) in [6.45, 7) is 6.93. The Labute approximate surface area is 150 Å². The molecule has 2 aliphatic rings. The first-order valence-corrected chi connectivity index (χ1v) is 9.53. The van der Waals surface area contributed by atoms with Crippen LogP contribution in [0.3, 0.4) is 0 Å². The van der Waals surface area contributed by atoms with E-state index >= 15 is 0 Å². The Morgan fingerprint density at radius 2 is 1.44 bits per heavy atom. The maximum atomic E-state index is 12.3. The standard InChI is InChI=1S/C20H29N3O2/c24-19(18-7-3-1-4-8-18)9-12-21-13-15-22(16-14-21)17-20(25)23-10-5-2-6-11-23/h1,3-4,7-8H,2,5-6,9-17H2. The van der Waals surface area contributed by atoms with Gasteiger partial charge in [0.2, 0.25) is 5.91 Å². The summed E-state index contributed by atoms with van der Waals surface area (Å²) in [6, 6.07) is 9.51. The highest BCUT2D eigenvalue weighted by molar-refractivity contribution is 5.96. The molecule has 1 aromatic carbocycles. The number of hydrogen-bond acceptors (Lipinski definition) is 4. The number of nitrogens with zero attached hydrogens (tertiary/aromatic N) is 3. The van der Waals surface area contributed by atoms with Gasteiger partial charge in [-0.15, -0.1) is 0 Å². The van der Waals surface area contributed by atoms with Crippen molar-refractivity contribution in [2.75, 3.05) is 52.4 Å². The largest absolute Gasteiger partial charge is 0.342 e. The minimum absolute atomic E-state index is 0.211. The smallest absolute Gasteiger partial charge is 0.236 e. The molecule has 0 N–H and O–H groups in total. The van der Waals surface area contributed by atoms with Gasteiger partial charge >= 0.3 is 0 Å². The summed E-state index contributed by atoms with van der Waals surface area (Å²) in [4.78, 5) is 31.1. The zero-order valence-electron chi connectivity index (χ0n) is 15.0. The lowest BCUT2D eigenvalue weighted by molar-refractivity contribution is -0.133. The number of benzene rings is 1. The topological polar surface area (TPSA) is 43.9 Å². The van der Waals surface area contributed by atoms with Crippen molar-refractivity contribution < 1.29 is 9.59 Å². The summed E-state index contributed by atoms with van der Waals surface area (Å²) in [7, 11) is 0. The molecule has 0 atom stereocenters. The number of carbonyl (C=O) groups is 2. The Morgan fingerprint density at radius 3 is 2.12 bits per heavy atom. The summed E-state index contributed by atoms with van der Waals surface area (Å²) in [5.74, 6) is 0.496. The molecule has 2 saturated heterocycles. The number of rotatable bonds is 6. The van der Waals surface area contributed by atoms with Crippen molar-refractivity contribution in [3.63, 3.8) is 0 Å².